The number of nitrogens with zero attached hydrogens (tertiary/aromatic N) is 1. The fourth-order valence-corrected chi connectivity index (χ4v) is 2.05. The zero-order valence-electron chi connectivity index (χ0n) is 9.61. The highest BCUT2D eigenvalue weighted by Gasteiger charge is 2.20. The summed E-state index contributed by atoms with van der Waals surface area (Å²) in [4.78, 5) is 12.4. The number of urea groups is 1. The van der Waals surface area contributed by atoms with E-state index in [1.54, 1.807) is 24.3 Å². The Morgan fingerprint density at radius 1 is 1.16 bits per heavy atom. The molecular formula is C13H9BrF2N2O. The minimum absolute atomic E-state index is 0.231. The maximum atomic E-state index is 13.8. The third-order valence-electron chi connectivity index (χ3n) is 2.46. The first-order chi connectivity index (χ1) is 9.00. The van der Waals surface area contributed by atoms with E-state index >= 15 is 0 Å². The van der Waals surface area contributed by atoms with Crippen LogP contribution in [0.3, 0.4) is 0 Å². The zero-order valence-corrected chi connectivity index (χ0v) is 11.2. The number of carbonyl (C=O) groups excluding carboxylic acids is 1. The summed E-state index contributed by atoms with van der Waals surface area (Å²) in [6, 6.07) is 9.21. The predicted molar refractivity (Wildman–Crippen MR) is 72.2 cm³/mol. The van der Waals surface area contributed by atoms with Crippen LogP contribution in [-0.2, 0) is 0 Å². The van der Waals surface area contributed by atoms with Crippen molar-refractivity contribution in [2.24, 2.45) is 5.73 Å². The molecule has 2 aromatic rings. The van der Waals surface area contributed by atoms with Crippen molar-refractivity contribution in [3.05, 3.63) is 58.6 Å². The highest BCUT2D eigenvalue weighted by molar-refractivity contribution is 9.10. The molecule has 0 fully saturated rings. The van der Waals surface area contributed by atoms with Crippen LogP contribution in [0.1, 0.15) is 0 Å². The summed E-state index contributed by atoms with van der Waals surface area (Å²) in [6.45, 7) is 0. The van der Waals surface area contributed by atoms with Gasteiger partial charge in [0.2, 0.25) is 0 Å². The lowest BCUT2D eigenvalue weighted by molar-refractivity contribution is 0.256. The number of anilines is 2. The number of carbonyl (C=O) groups is 1. The van der Waals surface area contributed by atoms with Gasteiger partial charge in [0.1, 0.15) is 0 Å². The molecule has 2 N–H and O–H groups in total. The molecule has 0 saturated heterocycles. The molecule has 0 saturated carbocycles. The van der Waals surface area contributed by atoms with E-state index in [2.05, 4.69) is 15.9 Å². The van der Waals surface area contributed by atoms with Crippen LogP contribution in [-0.4, -0.2) is 6.03 Å². The molecule has 0 unspecified atom stereocenters. The van der Waals surface area contributed by atoms with Gasteiger partial charge in [-0.25, -0.2) is 13.6 Å². The first-order valence-corrected chi connectivity index (χ1v) is 6.09. The maximum Gasteiger partial charge on any atom is 0.323 e. The van der Waals surface area contributed by atoms with E-state index in [-0.39, 0.29) is 5.69 Å². The van der Waals surface area contributed by atoms with Gasteiger partial charge in [-0.1, -0.05) is 28.1 Å². The van der Waals surface area contributed by atoms with E-state index in [1.165, 1.54) is 12.1 Å². The lowest BCUT2D eigenvalue weighted by Crippen LogP contribution is -2.32. The van der Waals surface area contributed by atoms with Gasteiger partial charge >= 0.3 is 6.03 Å². The molecule has 0 bridgehead atoms. The van der Waals surface area contributed by atoms with E-state index in [1.807, 2.05) is 0 Å². The van der Waals surface area contributed by atoms with Gasteiger partial charge < -0.3 is 5.73 Å². The zero-order chi connectivity index (χ0) is 14.0. The number of amides is 2. The fourth-order valence-electron chi connectivity index (χ4n) is 1.67. The van der Waals surface area contributed by atoms with Crippen LogP contribution in [0.4, 0.5) is 25.0 Å². The van der Waals surface area contributed by atoms with Crippen LogP contribution >= 0.6 is 15.9 Å². The number of rotatable bonds is 2. The molecule has 0 heterocycles. The van der Waals surface area contributed by atoms with Crippen molar-refractivity contribution in [3.8, 4) is 0 Å². The molecule has 0 aromatic heterocycles. The number of primary amides is 1. The van der Waals surface area contributed by atoms with Crippen molar-refractivity contribution in [2.75, 3.05) is 4.90 Å². The van der Waals surface area contributed by atoms with E-state index < -0.39 is 17.7 Å². The number of hydrogen-bond donors (Lipinski definition) is 1. The first kappa shape index (κ1) is 13.5. The Morgan fingerprint density at radius 3 is 2.47 bits per heavy atom. The fraction of sp³-hybridized carbons (Fsp3) is 0. The largest absolute Gasteiger partial charge is 0.351 e. The monoisotopic (exact) mass is 326 g/mol. The summed E-state index contributed by atoms with van der Waals surface area (Å²) < 4.78 is 27.7. The van der Waals surface area contributed by atoms with Gasteiger partial charge in [0.25, 0.3) is 0 Å². The number of halogens is 3. The minimum atomic E-state index is -1.12. The molecule has 0 aliphatic heterocycles. The van der Waals surface area contributed by atoms with Crippen molar-refractivity contribution in [1.29, 1.82) is 0 Å². The molecule has 0 aliphatic rings. The number of benzene rings is 2. The van der Waals surface area contributed by atoms with Gasteiger partial charge in [-0.3, -0.25) is 4.90 Å². The van der Waals surface area contributed by atoms with Crippen molar-refractivity contribution < 1.29 is 13.6 Å². The molecule has 0 spiro atoms. The molecular weight excluding hydrogens is 318 g/mol. The summed E-state index contributed by atoms with van der Waals surface area (Å²) in [6.07, 6.45) is 0. The Hall–Kier alpha value is -1.95. The predicted octanol–water partition coefficient (Wildman–Crippen LogP) is 3.94. The lowest BCUT2D eigenvalue weighted by atomic mass is 10.2. The summed E-state index contributed by atoms with van der Waals surface area (Å²) in [5.74, 6) is -2.17. The van der Waals surface area contributed by atoms with Gasteiger partial charge in [0.15, 0.2) is 11.6 Å². The Bertz CT molecular complexity index is 634. The molecule has 2 aromatic carbocycles. The minimum Gasteiger partial charge on any atom is -0.351 e. The Labute approximate surface area is 116 Å². The summed E-state index contributed by atoms with van der Waals surface area (Å²) >= 11 is 3.24. The molecule has 0 atom stereocenters. The van der Waals surface area contributed by atoms with Crippen molar-refractivity contribution >= 4 is 33.3 Å². The van der Waals surface area contributed by atoms with Crippen LogP contribution in [0.25, 0.3) is 0 Å². The van der Waals surface area contributed by atoms with Gasteiger partial charge in [-0.15, -0.1) is 0 Å². The van der Waals surface area contributed by atoms with E-state index in [0.29, 0.717) is 10.2 Å². The quantitative estimate of drug-likeness (QED) is 0.892. The van der Waals surface area contributed by atoms with E-state index in [9.17, 15) is 13.6 Å². The highest BCUT2D eigenvalue weighted by Crippen LogP contribution is 2.30. The average molecular weight is 327 g/mol. The van der Waals surface area contributed by atoms with Gasteiger partial charge in [-0.05, 0) is 30.3 Å². The normalized spacial score (nSPS) is 10.3. The van der Waals surface area contributed by atoms with Crippen LogP contribution in [0.15, 0.2) is 46.9 Å². The third-order valence-corrected chi connectivity index (χ3v) is 2.95. The summed E-state index contributed by atoms with van der Waals surface area (Å²) in [7, 11) is 0. The highest BCUT2D eigenvalue weighted by atomic mass is 79.9. The Balaban J connectivity index is 2.58. The second kappa shape index (κ2) is 5.36. The topological polar surface area (TPSA) is 46.3 Å². The molecule has 19 heavy (non-hydrogen) atoms. The standard InChI is InChI=1S/C13H9BrF2N2O/c14-8-3-1-4-9(7-8)18(13(17)19)11-6-2-5-10(15)12(11)16/h1-7H,(H2,17,19). The number of nitrogens with two attached hydrogens (primary N) is 1. The van der Waals surface area contributed by atoms with E-state index in [0.717, 1.165) is 11.0 Å². The molecule has 2 amide bonds. The second-order valence-electron chi connectivity index (χ2n) is 3.73. The average Bonchev–Trinajstić information content (AvgIpc) is 2.34. The SMILES string of the molecule is NC(=O)N(c1cccc(Br)c1)c1cccc(F)c1F. The van der Waals surface area contributed by atoms with Crippen molar-refractivity contribution in [2.45, 2.75) is 0 Å². The summed E-state index contributed by atoms with van der Waals surface area (Å²) in [5, 5.41) is 0. The Kier molecular flexibility index (Phi) is 3.80. The number of hydrogen-bond acceptors (Lipinski definition) is 1. The molecule has 0 radical (unpaired) electrons. The van der Waals surface area contributed by atoms with Crippen LogP contribution < -0.4 is 10.6 Å². The lowest BCUT2D eigenvalue weighted by Gasteiger charge is -2.21. The third kappa shape index (κ3) is 2.73. The van der Waals surface area contributed by atoms with Gasteiger partial charge in [0.05, 0.1) is 11.4 Å². The van der Waals surface area contributed by atoms with Crippen LogP contribution in [0.5, 0.6) is 0 Å². The van der Waals surface area contributed by atoms with Gasteiger partial charge in [0, 0.05) is 4.47 Å². The second-order valence-corrected chi connectivity index (χ2v) is 4.64. The van der Waals surface area contributed by atoms with Crippen LogP contribution in [0.2, 0.25) is 0 Å². The summed E-state index contributed by atoms with van der Waals surface area (Å²) in [5.41, 5.74) is 5.36. The molecule has 3 nitrogen and oxygen atoms in total. The molecule has 6 heteroatoms. The molecule has 2 rings (SSSR count). The van der Waals surface area contributed by atoms with Crippen LogP contribution in [0, 0.1) is 11.6 Å². The molecule has 0 aliphatic carbocycles. The maximum absolute atomic E-state index is 13.8. The van der Waals surface area contributed by atoms with Gasteiger partial charge in [-0.2, -0.15) is 0 Å². The first-order valence-electron chi connectivity index (χ1n) is 5.30. The van der Waals surface area contributed by atoms with Crippen molar-refractivity contribution in [1.82, 2.24) is 0 Å². The molecule has 98 valence electrons. The van der Waals surface area contributed by atoms with E-state index in [4.69, 9.17) is 5.73 Å². The Morgan fingerprint density at radius 2 is 1.84 bits per heavy atom. The smallest absolute Gasteiger partial charge is 0.323 e. The van der Waals surface area contributed by atoms with Crippen molar-refractivity contribution in [3.63, 3.8) is 0 Å².